The smallest absolute Gasteiger partial charge is 0.0833 e. The molecular weight excluding hydrogens is 206 g/mol. The average Bonchev–Trinajstić information content (AvgIpc) is 2.20. The first-order valence-electron chi connectivity index (χ1n) is 6.58. The van der Waals surface area contributed by atoms with Gasteiger partial charge >= 0.3 is 0 Å². The third kappa shape index (κ3) is 1.43. The summed E-state index contributed by atoms with van der Waals surface area (Å²) in [6.45, 7) is 4.27. The van der Waals surface area contributed by atoms with Crippen LogP contribution >= 0.6 is 0 Å². The van der Waals surface area contributed by atoms with Gasteiger partial charge < -0.3 is 0 Å². The van der Waals surface area contributed by atoms with E-state index >= 15 is 0 Å². The molecule has 0 atom stereocenters. The zero-order valence-corrected chi connectivity index (χ0v) is 10.7. The second-order valence-electron chi connectivity index (χ2n) is 6.20. The third-order valence-corrected chi connectivity index (χ3v) is 5.04. The van der Waals surface area contributed by atoms with Crippen molar-refractivity contribution in [3.8, 4) is 6.07 Å². The highest BCUT2D eigenvalue weighted by atomic mass is 14.6. The third-order valence-electron chi connectivity index (χ3n) is 5.04. The van der Waals surface area contributed by atoms with Crippen molar-refractivity contribution in [2.24, 2.45) is 5.41 Å². The highest BCUT2D eigenvalue weighted by Gasteiger charge is 2.58. The van der Waals surface area contributed by atoms with E-state index in [0.717, 1.165) is 12.8 Å². The van der Waals surface area contributed by atoms with Gasteiger partial charge in [-0.2, -0.15) is 5.26 Å². The summed E-state index contributed by atoms with van der Waals surface area (Å²) >= 11 is 0. The molecule has 0 aromatic heterocycles. The Labute approximate surface area is 103 Å². The summed E-state index contributed by atoms with van der Waals surface area (Å²) in [5.41, 5.74) is 4.26. The van der Waals surface area contributed by atoms with Gasteiger partial charge in [-0.1, -0.05) is 24.6 Å². The first kappa shape index (κ1) is 10.8. The molecule has 1 nitrogen and oxygen atoms in total. The molecule has 1 spiro atoms. The van der Waals surface area contributed by atoms with Crippen LogP contribution in [0.3, 0.4) is 0 Å². The molecule has 0 unspecified atom stereocenters. The molecule has 2 fully saturated rings. The van der Waals surface area contributed by atoms with Gasteiger partial charge in [0.25, 0.3) is 0 Å². The molecule has 2 aliphatic carbocycles. The van der Waals surface area contributed by atoms with Crippen LogP contribution in [0.5, 0.6) is 0 Å². The van der Waals surface area contributed by atoms with Gasteiger partial charge in [-0.3, -0.25) is 0 Å². The molecule has 2 saturated carbocycles. The van der Waals surface area contributed by atoms with E-state index in [0.29, 0.717) is 5.41 Å². The van der Waals surface area contributed by atoms with E-state index in [1.165, 1.54) is 36.0 Å². The molecular formula is C16H19N. The van der Waals surface area contributed by atoms with Crippen molar-refractivity contribution >= 4 is 0 Å². The average molecular weight is 225 g/mol. The highest BCUT2D eigenvalue weighted by Crippen LogP contribution is 2.64. The summed E-state index contributed by atoms with van der Waals surface area (Å²) in [5, 5.41) is 9.55. The maximum Gasteiger partial charge on any atom is 0.0833 e. The molecule has 2 aliphatic rings. The van der Waals surface area contributed by atoms with Crippen LogP contribution in [0.15, 0.2) is 18.2 Å². The normalized spacial score (nSPS) is 23.6. The molecule has 0 amide bonds. The minimum atomic E-state index is -0.168. The lowest BCUT2D eigenvalue weighted by Crippen LogP contribution is -2.52. The second kappa shape index (κ2) is 3.35. The minimum Gasteiger partial charge on any atom is -0.197 e. The second-order valence-corrected chi connectivity index (χ2v) is 6.20. The molecule has 1 heteroatoms. The molecule has 88 valence electrons. The van der Waals surface area contributed by atoms with Crippen LogP contribution in [-0.2, 0) is 5.41 Å². The zero-order chi connectivity index (χ0) is 12.1. The number of rotatable bonds is 1. The Hall–Kier alpha value is -1.29. The highest BCUT2D eigenvalue weighted by molar-refractivity contribution is 5.42. The van der Waals surface area contributed by atoms with E-state index < -0.39 is 0 Å². The van der Waals surface area contributed by atoms with E-state index in [-0.39, 0.29) is 5.41 Å². The SMILES string of the molecule is Cc1ccc(C2(C#N)CC3(CCC3)C2)cc1C. The van der Waals surface area contributed by atoms with Crippen LogP contribution in [-0.4, -0.2) is 0 Å². The molecule has 0 N–H and O–H groups in total. The van der Waals surface area contributed by atoms with E-state index in [4.69, 9.17) is 0 Å². The van der Waals surface area contributed by atoms with Gasteiger partial charge in [0.15, 0.2) is 0 Å². The van der Waals surface area contributed by atoms with E-state index in [9.17, 15) is 5.26 Å². The molecule has 0 heterocycles. The summed E-state index contributed by atoms with van der Waals surface area (Å²) in [6, 6.07) is 9.15. The predicted octanol–water partition coefficient (Wildman–Crippen LogP) is 4.03. The van der Waals surface area contributed by atoms with Crippen molar-refractivity contribution in [2.45, 2.75) is 51.4 Å². The van der Waals surface area contributed by atoms with Crippen LogP contribution < -0.4 is 0 Å². The summed E-state index contributed by atoms with van der Waals surface area (Å²) < 4.78 is 0. The lowest BCUT2D eigenvalue weighted by Gasteiger charge is -2.58. The minimum absolute atomic E-state index is 0.168. The molecule has 17 heavy (non-hydrogen) atoms. The predicted molar refractivity (Wildman–Crippen MR) is 68.7 cm³/mol. The Morgan fingerprint density at radius 1 is 1.12 bits per heavy atom. The molecule has 1 aromatic rings. The number of hydrogen-bond acceptors (Lipinski definition) is 1. The summed E-state index contributed by atoms with van der Waals surface area (Å²) in [5.74, 6) is 0. The zero-order valence-electron chi connectivity index (χ0n) is 10.7. The molecule has 0 aliphatic heterocycles. The van der Waals surface area contributed by atoms with E-state index in [1.54, 1.807) is 0 Å². The maximum atomic E-state index is 9.55. The molecule has 1 aromatic carbocycles. The Bertz CT molecular complexity index is 495. The first-order valence-corrected chi connectivity index (χ1v) is 6.58. The summed E-state index contributed by atoms with van der Waals surface area (Å²) in [6.07, 6.45) is 6.26. The lowest BCUT2D eigenvalue weighted by atomic mass is 9.44. The Balaban J connectivity index is 1.92. The van der Waals surface area contributed by atoms with Gasteiger partial charge in [0.1, 0.15) is 0 Å². The summed E-state index contributed by atoms with van der Waals surface area (Å²) in [7, 11) is 0. The Kier molecular flexibility index (Phi) is 2.14. The molecule has 0 radical (unpaired) electrons. The van der Waals surface area contributed by atoms with E-state index in [1.807, 2.05) is 0 Å². The standard InChI is InChI=1S/C16H19N/c1-12-4-5-14(8-13(12)2)16(11-17)9-15(10-16)6-3-7-15/h4-5,8H,3,6-7,9-10H2,1-2H3. The maximum absolute atomic E-state index is 9.55. The fraction of sp³-hybridized carbons (Fsp3) is 0.562. The van der Waals surface area contributed by atoms with Gasteiger partial charge in [-0.05, 0) is 61.6 Å². The van der Waals surface area contributed by atoms with Crippen LogP contribution in [0.4, 0.5) is 0 Å². The number of hydrogen-bond donors (Lipinski definition) is 0. The van der Waals surface area contributed by atoms with Crippen molar-refractivity contribution in [3.05, 3.63) is 34.9 Å². The first-order chi connectivity index (χ1) is 8.09. The van der Waals surface area contributed by atoms with E-state index in [2.05, 4.69) is 38.1 Å². The number of nitriles is 1. The van der Waals surface area contributed by atoms with Crippen molar-refractivity contribution in [1.82, 2.24) is 0 Å². The van der Waals surface area contributed by atoms with Crippen LogP contribution in [0, 0.1) is 30.6 Å². The van der Waals surface area contributed by atoms with Crippen LogP contribution in [0.1, 0.15) is 48.8 Å². The Morgan fingerprint density at radius 3 is 2.29 bits per heavy atom. The fourth-order valence-electron chi connectivity index (χ4n) is 3.65. The topological polar surface area (TPSA) is 23.8 Å². The number of aryl methyl sites for hydroxylation is 2. The number of benzene rings is 1. The quantitative estimate of drug-likeness (QED) is 0.708. The Morgan fingerprint density at radius 2 is 1.82 bits per heavy atom. The molecule has 0 bridgehead atoms. The van der Waals surface area contributed by atoms with Gasteiger partial charge in [-0.15, -0.1) is 0 Å². The molecule has 3 rings (SSSR count). The lowest BCUT2D eigenvalue weighted by molar-refractivity contribution is -0.0227. The van der Waals surface area contributed by atoms with Crippen molar-refractivity contribution in [1.29, 1.82) is 5.26 Å². The number of nitrogens with zero attached hydrogens (tertiary/aromatic N) is 1. The van der Waals surface area contributed by atoms with Gasteiger partial charge in [0.05, 0.1) is 11.5 Å². The van der Waals surface area contributed by atoms with Crippen molar-refractivity contribution in [3.63, 3.8) is 0 Å². The largest absolute Gasteiger partial charge is 0.197 e. The van der Waals surface area contributed by atoms with Crippen molar-refractivity contribution < 1.29 is 0 Å². The van der Waals surface area contributed by atoms with Crippen molar-refractivity contribution in [2.75, 3.05) is 0 Å². The van der Waals surface area contributed by atoms with Gasteiger partial charge in [0, 0.05) is 0 Å². The molecule has 0 saturated heterocycles. The van der Waals surface area contributed by atoms with Crippen LogP contribution in [0.2, 0.25) is 0 Å². The monoisotopic (exact) mass is 225 g/mol. The summed E-state index contributed by atoms with van der Waals surface area (Å²) in [4.78, 5) is 0. The van der Waals surface area contributed by atoms with Gasteiger partial charge in [-0.25, -0.2) is 0 Å². The van der Waals surface area contributed by atoms with Gasteiger partial charge in [0.2, 0.25) is 0 Å². The van der Waals surface area contributed by atoms with Crippen LogP contribution in [0.25, 0.3) is 0 Å². The fourth-order valence-corrected chi connectivity index (χ4v) is 3.65.